The van der Waals surface area contributed by atoms with E-state index in [9.17, 15) is 34.5 Å². The first-order chi connectivity index (χ1) is 27.9. The van der Waals surface area contributed by atoms with Crippen molar-refractivity contribution >= 4 is 23.9 Å². The van der Waals surface area contributed by atoms with Gasteiger partial charge in [-0.2, -0.15) is 0 Å². The smallest absolute Gasteiger partial charge is 0.349 e. The number of fused-ring (bicyclic) bond motifs is 10. The largest absolute Gasteiger partial charge is 0.508 e. The van der Waals surface area contributed by atoms with Gasteiger partial charge in [0.05, 0.1) is 0 Å². The number of aryl methyl sites for hydroxylation is 2. The Morgan fingerprint density at radius 3 is 1.63 bits per heavy atom. The van der Waals surface area contributed by atoms with Crippen molar-refractivity contribution < 1.29 is 53.8 Å². The van der Waals surface area contributed by atoms with Crippen LogP contribution in [0.3, 0.4) is 0 Å². The maximum Gasteiger partial charge on any atom is 0.349 e. The summed E-state index contributed by atoms with van der Waals surface area (Å²) < 4.78 is 14.1. The Labute approximate surface area is 347 Å². The van der Waals surface area contributed by atoms with Crippen LogP contribution < -0.4 is 4.74 Å². The summed E-state index contributed by atoms with van der Waals surface area (Å²) in [6.45, 7) is 5.88. The summed E-state index contributed by atoms with van der Waals surface area (Å²) in [7, 11) is 0. The molecule has 10 atom stereocenters. The Morgan fingerprint density at radius 1 is 0.695 bits per heavy atom. The Morgan fingerprint density at radius 2 is 1.17 bits per heavy atom. The highest BCUT2D eigenvalue weighted by molar-refractivity contribution is 5.77. The van der Waals surface area contributed by atoms with E-state index in [-0.39, 0.29) is 17.4 Å². The van der Waals surface area contributed by atoms with Crippen molar-refractivity contribution in [3.05, 3.63) is 58.7 Å². The number of esters is 3. The summed E-state index contributed by atoms with van der Waals surface area (Å²) >= 11 is 0. The van der Waals surface area contributed by atoms with Crippen molar-refractivity contribution in [1.29, 1.82) is 0 Å². The summed E-state index contributed by atoms with van der Waals surface area (Å²) in [5.41, 5.74) is 3.06. The zero-order valence-electron chi connectivity index (χ0n) is 34.6. The van der Waals surface area contributed by atoms with Crippen molar-refractivity contribution in [2.24, 2.45) is 34.5 Å². The van der Waals surface area contributed by atoms with Gasteiger partial charge in [-0.3, -0.25) is 9.59 Å². The van der Waals surface area contributed by atoms with E-state index in [0.29, 0.717) is 53.4 Å². The lowest BCUT2D eigenvalue weighted by Crippen LogP contribution is -2.50. The minimum absolute atomic E-state index is 0.128. The minimum atomic E-state index is -1.14. The first kappa shape index (κ1) is 43.7. The summed E-state index contributed by atoms with van der Waals surface area (Å²) in [5.74, 6) is 6.65. The molecule has 8 rings (SSSR count). The molecular weight excluding hydrogens is 753 g/mol. The topological polar surface area (TPSA) is 177 Å². The summed E-state index contributed by atoms with van der Waals surface area (Å²) in [4.78, 5) is 42.1. The monoisotopic (exact) mass is 810 g/mol. The lowest BCUT2D eigenvalue weighted by atomic mass is 9.53. The number of carboxylic acids is 1. The Bertz CT molecular complexity index is 2030. The number of hydrogen-bond acceptors (Lipinski definition) is 10. The fourth-order valence-electron chi connectivity index (χ4n) is 12.2. The zero-order chi connectivity index (χ0) is 42.9. The number of rotatable bonds is 5. The molecule has 0 aliphatic heterocycles. The second-order valence-corrected chi connectivity index (χ2v) is 18.0. The third-order valence-corrected chi connectivity index (χ3v) is 15.2. The molecule has 6 aliphatic carbocycles. The van der Waals surface area contributed by atoms with Crippen LogP contribution in [0.25, 0.3) is 0 Å². The van der Waals surface area contributed by atoms with Gasteiger partial charge in [0.1, 0.15) is 22.7 Å². The normalized spacial score (nSPS) is 34.2. The van der Waals surface area contributed by atoms with Gasteiger partial charge in [-0.1, -0.05) is 37.8 Å². The first-order valence-corrected chi connectivity index (χ1v) is 20.9. The van der Waals surface area contributed by atoms with E-state index in [4.69, 9.17) is 22.7 Å². The molecule has 2 aromatic rings. The van der Waals surface area contributed by atoms with Gasteiger partial charge in [-0.15, -0.1) is 12.8 Å². The molecule has 4 fully saturated rings. The number of carboxylic acid groups (broad SMARTS) is 1. The second kappa shape index (κ2) is 17.0. The number of hydrogen-bond donors (Lipinski definition) is 4. The first-order valence-electron chi connectivity index (χ1n) is 20.9. The third kappa shape index (κ3) is 8.34. The van der Waals surface area contributed by atoms with E-state index >= 15 is 0 Å². The van der Waals surface area contributed by atoms with E-state index in [1.165, 1.54) is 29.2 Å². The molecule has 0 heterocycles. The molecule has 4 saturated carbocycles. The maximum atomic E-state index is 11.8. The molecule has 0 saturated heterocycles. The average molecular weight is 811 g/mol. The van der Waals surface area contributed by atoms with Gasteiger partial charge < -0.3 is 34.6 Å². The molecule has 11 heteroatoms. The number of phenols is 1. The molecule has 6 unspecified atom stereocenters. The quantitative estimate of drug-likeness (QED) is 0.145. The van der Waals surface area contributed by atoms with E-state index in [1.807, 2.05) is 24.3 Å². The van der Waals surface area contributed by atoms with Crippen molar-refractivity contribution in [3.63, 3.8) is 0 Å². The van der Waals surface area contributed by atoms with Gasteiger partial charge >= 0.3 is 23.9 Å². The van der Waals surface area contributed by atoms with Gasteiger partial charge in [0.2, 0.25) is 0 Å². The number of benzene rings is 2. The molecule has 0 spiro atoms. The third-order valence-electron chi connectivity index (χ3n) is 15.2. The van der Waals surface area contributed by atoms with Crippen LogP contribution in [0.1, 0.15) is 126 Å². The minimum Gasteiger partial charge on any atom is -0.508 e. The average Bonchev–Trinajstić information content (AvgIpc) is 3.65. The van der Waals surface area contributed by atoms with Gasteiger partial charge in [-0.25, -0.2) is 9.59 Å². The predicted octanol–water partition coefficient (Wildman–Crippen LogP) is 6.62. The van der Waals surface area contributed by atoms with Gasteiger partial charge in [0.25, 0.3) is 0 Å². The summed E-state index contributed by atoms with van der Waals surface area (Å²) in [5, 5.41) is 39.5. The number of aliphatic carboxylic acids is 1. The molecule has 59 heavy (non-hydrogen) atoms. The molecule has 0 radical (unpaired) electrons. The molecule has 6 aliphatic rings. The number of terminal acetylenes is 2. The van der Waals surface area contributed by atoms with Crippen LogP contribution in [0.2, 0.25) is 0 Å². The van der Waals surface area contributed by atoms with E-state index in [2.05, 4.69) is 47.3 Å². The van der Waals surface area contributed by atoms with Gasteiger partial charge in [0, 0.05) is 24.7 Å². The number of carbonyl (C=O) groups excluding carboxylic acids is 3. The van der Waals surface area contributed by atoms with Crippen molar-refractivity contribution in [3.8, 4) is 36.2 Å². The SMILES string of the molecule is C#C[C@]1(O)CCC2C3CCc4cc(O)ccc4C3CC[C@@]21C.C#C[C@]1(O)CCC2C3CCc4cc(OC(=O)COC(C)=O)ccc4C3CC[C@@]21C.CC(=O)OCC(=O)O. The molecule has 0 aromatic heterocycles. The van der Waals surface area contributed by atoms with E-state index < -0.39 is 41.7 Å². The highest BCUT2D eigenvalue weighted by Crippen LogP contribution is 2.65. The van der Waals surface area contributed by atoms with E-state index in [1.54, 1.807) is 0 Å². The van der Waals surface area contributed by atoms with Crippen molar-refractivity contribution in [1.82, 2.24) is 0 Å². The standard InChI is InChI=1S/C24H28O5.C20H24O2.C4H6O4/c1-4-24(27)12-10-21-20-7-5-16-13-17(29-22(26)14-28-15(2)25)6-8-18(16)19(20)9-11-23(21,24)3;1-3-20(22)11-9-18-17-6-4-13-12-14(21)5-7-15(13)16(17)8-10-19(18,20)2;1-3(5)8-2-4(6)7/h1,6,8,13,19-21,27H,5,7,9-12,14H2,2-3H3;1,5,7,12,16-18,21-22H,4,6,8-11H2,2H3;2H2,1H3,(H,6,7)/t19?,20?,21?,23-,24-;16?,17?,18?,19-,20-;/m00./s1. The van der Waals surface area contributed by atoms with Crippen LogP contribution in [0.4, 0.5) is 0 Å². The van der Waals surface area contributed by atoms with Crippen LogP contribution in [-0.2, 0) is 41.5 Å². The Kier molecular flexibility index (Phi) is 12.6. The van der Waals surface area contributed by atoms with Crippen LogP contribution in [-0.4, -0.2) is 68.7 Å². The highest BCUT2D eigenvalue weighted by Gasteiger charge is 2.62. The van der Waals surface area contributed by atoms with Gasteiger partial charge in [-0.05, 0) is 159 Å². The molecule has 4 N–H and O–H groups in total. The number of aromatic hydroxyl groups is 1. The van der Waals surface area contributed by atoms with E-state index in [0.717, 1.165) is 77.6 Å². The van der Waals surface area contributed by atoms with Crippen LogP contribution in [0.15, 0.2) is 36.4 Å². The fraction of sp³-hybridized carbons (Fsp3) is 0.583. The molecule has 316 valence electrons. The fourth-order valence-corrected chi connectivity index (χ4v) is 12.2. The molecule has 0 amide bonds. The zero-order valence-corrected chi connectivity index (χ0v) is 34.6. The van der Waals surface area contributed by atoms with Crippen LogP contribution in [0.5, 0.6) is 11.5 Å². The number of aliphatic hydroxyl groups is 2. The summed E-state index contributed by atoms with van der Waals surface area (Å²) in [6, 6.07) is 11.7. The highest BCUT2D eigenvalue weighted by atomic mass is 16.6. The number of phenolic OH excluding ortho intramolecular Hbond substituents is 1. The predicted molar refractivity (Wildman–Crippen MR) is 218 cm³/mol. The molecular formula is C48H58O11. The second-order valence-electron chi connectivity index (χ2n) is 18.0. The van der Waals surface area contributed by atoms with Gasteiger partial charge in [0.15, 0.2) is 13.2 Å². The lowest BCUT2D eigenvalue weighted by molar-refractivity contribution is -0.153. The molecule has 0 bridgehead atoms. The number of carbonyl (C=O) groups is 4. The van der Waals surface area contributed by atoms with Crippen molar-refractivity contribution in [2.75, 3.05) is 13.2 Å². The Hall–Kier alpha value is -4.84. The van der Waals surface area contributed by atoms with Crippen LogP contribution >= 0.6 is 0 Å². The Balaban J connectivity index is 0.000000172. The summed E-state index contributed by atoms with van der Waals surface area (Å²) in [6.07, 6.45) is 23.1. The maximum absolute atomic E-state index is 11.8. The number of ether oxygens (including phenoxy) is 3. The van der Waals surface area contributed by atoms with Crippen LogP contribution in [0, 0.1) is 59.2 Å². The molecule has 2 aromatic carbocycles. The lowest BCUT2D eigenvalue weighted by Gasteiger charge is -2.52. The molecule has 11 nitrogen and oxygen atoms in total. The van der Waals surface area contributed by atoms with Crippen molar-refractivity contribution in [2.45, 2.75) is 128 Å².